The van der Waals surface area contributed by atoms with Crippen molar-refractivity contribution in [2.24, 2.45) is 5.10 Å². The summed E-state index contributed by atoms with van der Waals surface area (Å²) in [5.41, 5.74) is 0.629. The van der Waals surface area contributed by atoms with Gasteiger partial charge in [0.2, 0.25) is 5.16 Å². The normalized spacial score (nSPS) is 12.0. The third-order valence-electron chi connectivity index (χ3n) is 2.49. The van der Waals surface area contributed by atoms with Crippen LogP contribution in [0.5, 0.6) is 5.75 Å². The molecule has 0 bridgehead atoms. The van der Waals surface area contributed by atoms with Crippen molar-refractivity contribution in [3.8, 4) is 5.75 Å². The van der Waals surface area contributed by atoms with E-state index < -0.39 is 12.0 Å². The maximum atomic E-state index is 12.8. The number of ether oxygens (including phenoxy) is 1. The lowest BCUT2D eigenvalue weighted by Crippen LogP contribution is -2.13. The van der Waals surface area contributed by atoms with Gasteiger partial charge in [0.25, 0.3) is 5.82 Å². The molecule has 0 N–H and O–H groups in total. The molecular formula is C12H11F3N4OS. The molecule has 0 unspecified atom stereocenters. The van der Waals surface area contributed by atoms with Crippen molar-refractivity contribution >= 4 is 18.0 Å². The Bertz CT molecular complexity index is 637. The lowest BCUT2D eigenvalue weighted by atomic mass is 10.2. The van der Waals surface area contributed by atoms with Gasteiger partial charge in [-0.25, -0.2) is 0 Å². The molecule has 1 aromatic heterocycles. The van der Waals surface area contributed by atoms with Gasteiger partial charge in [-0.05, 0) is 36.1 Å². The fraction of sp³-hybridized carbons (Fsp3) is 0.250. The van der Waals surface area contributed by atoms with Crippen molar-refractivity contribution in [3.63, 3.8) is 0 Å². The van der Waals surface area contributed by atoms with E-state index in [2.05, 4.69) is 15.3 Å². The van der Waals surface area contributed by atoms with Gasteiger partial charge in [-0.2, -0.15) is 22.9 Å². The maximum Gasteiger partial charge on any atom is 0.453 e. The standard InChI is InChI=1S/C12H11F3N4OS/c1-20-9-5-3-8(4-6-9)7-16-19-10(12(13,14)15)17-18-11(19)21-2/h3-7H,1-2H3/b16-7+. The molecule has 5 nitrogen and oxygen atoms in total. The Morgan fingerprint density at radius 3 is 2.43 bits per heavy atom. The Hall–Kier alpha value is -2.03. The van der Waals surface area contributed by atoms with Crippen LogP contribution in [-0.4, -0.2) is 34.5 Å². The summed E-state index contributed by atoms with van der Waals surface area (Å²) in [4.78, 5) is 0. The fourth-order valence-electron chi connectivity index (χ4n) is 1.49. The lowest BCUT2D eigenvalue weighted by molar-refractivity contribution is -0.147. The first-order valence-electron chi connectivity index (χ1n) is 5.70. The van der Waals surface area contributed by atoms with Crippen molar-refractivity contribution in [3.05, 3.63) is 35.7 Å². The molecule has 2 rings (SSSR count). The van der Waals surface area contributed by atoms with Gasteiger partial charge < -0.3 is 4.74 Å². The largest absolute Gasteiger partial charge is 0.497 e. The van der Waals surface area contributed by atoms with E-state index in [0.29, 0.717) is 16.0 Å². The third kappa shape index (κ3) is 3.54. The number of thioether (sulfide) groups is 1. The van der Waals surface area contributed by atoms with Gasteiger partial charge in [-0.1, -0.05) is 11.8 Å². The zero-order valence-corrected chi connectivity index (χ0v) is 11.9. The summed E-state index contributed by atoms with van der Waals surface area (Å²) in [6.45, 7) is 0. The van der Waals surface area contributed by atoms with Crippen molar-refractivity contribution in [2.45, 2.75) is 11.3 Å². The summed E-state index contributed by atoms with van der Waals surface area (Å²) < 4.78 is 44.1. The number of halogens is 3. The number of methoxy groups -OCH3 is 1. The van der Waals surface area contributed by atoms with Gasteiger partial charge in [-0.3, -0.25) is 0 Å². The molecule has 0 radical (unpaired) electrons. The van der Waals surface area contributed by atoms with Crippen LogP contribution in [0.15, 0.2) is 34.5 Å². The van der Waals surface area contributed by atoms with Crippen LogP contribution in [0.2, 0.25) is 0 Å². The van der Waals surface area contributed by atoms with E-state index in [0.717, 1.165) is 11.8 Å². The predicted molar refractivity (Wildman–Crippen MR) is 72.8 cm³/mol. The molecule has 1 heterocycles. The Morgan fingerprint density at radius 2 is 1.90 bits per heavy atom. The van der Waals surface area contributed by atoms with Crippen molar-refractivity contribution in [1.29, 1.82) is 0 Å². The summed E-state index contributed by atoms with van der Waals surface area (Å²) in [5.74, 6) is -0.506. The van der Waals surface area contributed by atoms with Gasteiger partial charge in [0, 0.05) is 0 Å². The van der Waals surface area contributed by atoms with E-state index in [1.165, 1.54) is 13.3 Å². The summed E-state index contributed by atoms with van der Waals surface area (Å²) in [7, 11) is 1.53. The van der Waals surface area contributed by atoms with E-state index in [1.54, 1.807) is 30.5 Å². The highest BCUT2D eigenvalue weighted by Crippen LogP contribution is 2.29. The average Bonchev–Trinajstić information content (AvgIpc) is 2.88. The Morgan fingerprint density at radius 1 is 1.24 bits per heavy atom. The van der Waals surface area contributed by atoms with Gasteiger partial charge >= 0.3 is 6.18 Å². The predicted octanol–water partition coefficient (Wildman–Crippen LogP) is 2.91. The van der Waals surface area contributed by atoms with Gasteiger partial charge in [0.05, 0.1) is 13.3 Å². The Kier molecular flexibility index (Phi) is 4.51. The zero-order chi connectivity index (χ0) is 15.5. The third-order valence-corrected chi connectivity index (χ3v) is 3.11. The topological polar surface area (TPSA) is 52.3 Å². The first-order valence-corrected chi connectivity index (χ1v) is 6.93. The van der Waals surface area contributed by atoms with Crippen molar-refractivity contribution in [2.75, 3.05) is 13.4 Å². The Balaban J connectivity index is 2.33. The lowest BCUT2D eigenvalue weighted by Gasteiger charge is -2.05. The molecule has 112 valence electrons. The van der Waals surface area contributed by atoms with Gasteiger partial charge in [0.1, 0.15) is 5.75 Å². The summed E-state index contributed by atoms with van der Waals surface area (Å²) in [6.07, 6.45) is -1.71. The second kappa shape index (κ2) is 6.17. The number of aromatic nitrogens is 3. The van der Waals surface area contributed by atoms with Crippen LogP contribution < -0.4 is 4.74 Å². The van der Waals surface area contributed by atoms with Crippen molar-refractivity contribution < 1.29 is 17.9 Å². The minimum Gasteiger partial charge on any atom is -0.497 e. The highest BCUT2D eigenvalue weighted by atomic mass is 32.2. The quantitative estimate of drug-likeness (QED) is 0.643. The molecule has 0 aliphatic rings. The molecule has 2 aromatic rings. The highest BCUT2D eigenvalue weighted by molar-refractivity contribution is 7.98. The smallest absolute Gasteiger partial charge is 0.453 e. The fourth-order valence-corrected chi connectivity index (χ4v) is 1.92. The second-order valence-corrected chi connectivity index (χ2v) is 4.61. The minimum atomic E-state index is -4.61. The zero-order valence-electron chi connectivity index (χ0n) is 11.1. The number of alkyl halides is 3. The van der Waals surface area contributed by atoms with E-state index in [-0.39, 0.29) is 5.16 Å². The van der Waals surface area contributed by atoms with E-state index in [1.807, 2.05) is 0 Å². The molecule has 1 aromatic carbocycles. The molecular weight excluding hydrogens is 305 g/mol. The molecule has 0 fully saturated rings. The van der Waals surface area contributed by atoms with Crippen LogP contribution in [0.4, 0.5) is 13.2 Å². The number of rotatable bonds is 4. The Labute approximate surface area is 122 Å². The second-order valence-electron chi connectivity index (χ2n) is 3.84. The molecule has 9 heteroatoms. The average molecular weight is 316 g/mol. The van der Waals surface area contributed by atoms with Crippen LogP contribution in [0.1, 0.15) is 11.4 Å². The van der Waals surface area contributed by atoms with E-state index >= 15 is 0 Å². The van der Waals surface area contributed by atoms with E-state index in [4.69, 9.17) is 4.74 Å². The monoisotopic (exact) mass is 316 g/mol. The molecule has 0 spiro atoms. The first-order chi connectivity index (χ1) is 9.95. The van der Waals surface area contributed by atoms with Crippen molar-refractivity contribution in [1.82, 2.24) is 14.9 Å². The summed E-state index contributed by atoms with van der Waals surface area (Å²) >= 11 is 1.03. The van der Waals surface area contributed by atoms with E-state index in [9.17, 15) is 13.2 Å². The number of nitrogens with zero attached hydrogens (tertiary/aromatic N) is 4. The first kappa shape index (κ1) is 15.4. The molecule has 0 saturated carbocycles. The van der Waals surface area contributed by atoms with Crippen LogP contribution in [0, 0.1) is 0 Å². The van der Waals surface area contributed by atoms with Crippen LogP contribution in [0.3, 0.4) is 0 Å². The summed E-state index contributed by atoms with van der Waals surface area (Å²) in [5, 5.41) is 10.5. The van der Waals surface area contributed by atoms with Gasteiger partial charge in [-0.15, -0.1) is 10.2 Å². The van der Waals surface area contributed by atoms with Crippen LogP contribution in [0.25, 0.3) is 0 Å². The highest BCUT2D eigenvalue weighted by Gasteiger charge is 2.38. The number of benzene rings is 1. The molecule has 21 heavy (non-hydrogen) atoms. The molecule has 0 saturated heterocycles. The van der Waals surface area contributed by atoms with Crippen LogP contribution in [-0.2, 0) is 6.18 Å². The number of hydrogen-bond acceptors (Lipinski definition) is 5. The number of hydrogen-bond donors (Lipinski definition) is 0. The minimum absolute atomic E-state index is 0.0621. The summed E-state index contributed by atoms with van der Waals surface area (Å²) in [6, 6.07) is 6.73. The molecule has 0 amide bonds. The van der Waals surface area contributed by atoms with Crippen LogP contribution >= 0.6 is 11.8 Å². The maximum absolute atomic E-state index is 12.8. The molecule has 0 atom stereocenters. The molecule has 0 aliphatic heterocycles. The molecule has 0 aliphatic carbocycles. The SMILES string of the molecule is COc1ccc(/C=N/n2c(SC)nnc2C(F)(F)F)cc1. The van der Waals surface area contributed by atoms with Gasteiger partial charge in [0.15, 0.2) is 0 Å².